The molecule has 4 rings (SSSR count). The van der Waals surface area contributed by atoms with E-state index in [-0.39, 0.29) is 0 Å². The molecule has 2 aliphatic carbocycles. The molecular weight excluding hydrogens is 260 g/mol. The molecule has 0 aromatic heterocycles. The Kier molecular flexibility index (Phi) is 3.99. The summed E-state index contributed by atoms with van der Waals surface area (Å²) in [6.45, 7) is 8.39. The number of rotatable bonds is 4. The average Bonchev–Trinajstić information content (AvgIpc) is 3.06. The number of likely N-dealkylation sites (tertiary alicyclic amines) is 1. The zero-order valence-corrected chi connectivity index (χ0v) is 13.5. The fourth-order valence-electron chi connectivity index (χ4n) is 5.02. The topological polar surface area (TPSA) is 35.7 Å². The summed E-state index contributed by atoms with van der Waals surface area (Å²) in [7, 11) is 0. The molecule has 0 amide bonds. The van der Waals surface area contributed by atoms with E-state index >= 15 is 0 Å². The van der Waals surface area contributed by atoms with E-state index in [1.165, 1.54) is 84.2 Å². The van der Waals surface area contributed by atoms with Crippen LogP contribution < -0.4 is 5.73 Å². The van der Waals surface area contributed by atoms with Crippen molar-refractivity contribution in [3.63, 3.8) is 0 Å². The van der Waals surface area contributed by atoms with Crippen molar-refractivity contribution >= 4 is 0 Å². The smallest absolute Gasteiger partial charge is 0.0471 e. The fraction of sp³-hybridized carbons (Fsp3) is 1.00. The van der Waals surface area contributed by atoms with Gasteiger partial charge in [-0.15, -0.1) is 0 Å². The second-order valence-corrected chi connectivity index (χ2v) is 7.84. The Morgan fingerprint density at radius 1 is 0.810 bits per heavy atom. The van der Waals surface area contributed by atoms with Crippen molar-refractivity contribution in [3.05, 3.63) is 0 Å². The summed E-state index contributed by atoms with van der Waals surface area (Å²) in [4.78, 5) is 8.23. The summed E-state index contributed by atoms with van der Waals surface area (Å²) in [6.07, 6.45) is 9.94. The lowest BCUT2D eigenvalue weighted by molar-refractivity contribution is 0.0253. The van der Waals surface area contributed by atoms with Crippen molar-refractivity contribution in [1.82, 2.24) is 14.7 Å². The molecule has 4 nitrogen and oxygen atoms in total. The summed E-state index contributed by atoms with van der Waals surface area (Å²) in [5, 5.41) is 0. The molecule has 4 aliphatic rings. The van der Waals surface area contributed by atoms with Crippen LogP contribution in [0.25, 0.3) is 0 Å². The maximum absolute atomic E-state index is 6.26. The maximum Gasteiger partial charge on any atom is 0.0471 e. The molecular formula is C17H32N4. The molecule has 4 fully saturated rings. The number of nitrogens with zero attached hydrogens (tertiary/aromatic N) is 3. The molecule has 0 bridgehead atoms. The van der Waals surface area contributed by atoms with Gasteiger partial charge in [0, 0.05) is 63.4 Å². The molecule has 0 radical (unpaired) electrons. The van der Waals surface area contributed by atoms with Gasteiger partial charge >= 0.3 is 0 Å². The molecule has 2 saturated heterocycles. The van der Waals surface area contributed by atoms with Gasteiger partial charge in [0.25, 0.3) is 0 Å². The molecule has 120 valence electrons. The molecule has 1 unspecified atom stereocenters. The predicted molar refractivity (Wildman–Crippen MR) is 86.4 cm³/mol. The highest BCUT2D eigenvalue weighted by atomic mass is 15.4. The van der Waals surface area contributed by atoms with E-state index in [1.54, 1.807) is 0 Å². The Morgan fingerprint density at radius 2 is 1.48 bits per heavy atom. The minimum atomic E-state index is 0.296. The van der Waals surface area contributed by atoms with E-state index in [4.69, 9.17) is 5.73 Å². The standard InChI is InChI=1S/C17H32N4/c18-13-17(7-8-20(14-17)16-5-6-16)21-11-9-19(10-12-21)15-3-1-2-4-15/h15-16H,1-14,18H2. The Bertz CT molecular complexity index is 356. The van der Waals surface area contributed by atoms with Crippen LogP contribution >= 0.6 is 0 Å². The zero-order valence-electron chi connectivity index (χ0n) is 13.5. The van der Waals surface area contributed by atoms with Crippen LogP contribution in [0.4, 0.5) is 0 Å². The van der Waals surface area contributed by atoms with Crippen LogP contribution in [0.2, 0.25) is 0 Å². The third kappa shape index (κ3) is 2.76. The number of hydrogen-bond acceptors (Lipinski definition) is 4. The van der Waals surface area contributed by atoms with Crippen molar-refractivity contribution in [3.8, 4) is 0 Å². The Morgan fingerprint density at radius 3 is 2.10 bits per heavy atom. The molecule has 2 N–H and O–H groups in total. The highest BCUT2D eigenvalue weighted by Crippen LogP contribution is 2.36. The van der Waals surface area contributed by atoms with Crippen molar-refractivity contribution in [2.45, 2.75) is 62.6 Å². The van der Waals surface area contributed by atoms with Crippen LogP contribution in [-0.4, -0.2) is 78.1 Å². The second kappa shape index (κ2) is 5.80. The molecule has 2 heterocycles. The Hall–Kier alpha value is -0.160. The lowest BCUT2D eigenvalue weighted by atomic mass is 9.95. The van der Waals surface area contributed by atoms with Crippen LogP contribution in [0.1, 0.15) is 44.9 Å². The molecule has 4 heteroatoms. The van der Waals surface area contributed by atoms with Crippen LogP contribution in [0.5, 0.6) is 0 Å². The van der Waals surface area contributed by atoms with Crippen LogP contribution in [0.3, 0.4) is 0 Å². The van der Waals surface area contributed by atoms with Gasteiger partial charge < -0.3 is 5.73 Å². The summed E-state index contributed by atoms with van der Waals surface area (Å²) < 4.78 is 0. The normalized spacial score (nSPS) is 37.6. The number of nitrogens with two attached hydrogens (primary N) is 1. The number of piperazine rings is 1. The Balaban J connectivity index is 1.35. The average molecular weight is 292 g/mol. The molecule has 0 aromatic rings. The summed E-state index contributed by atoms with van der Waals surface area (Å²) in [5.74, 6) is 0. The first kappa shape index (κ1) is 14.4. The van der Waals surface area contributed by atoms with Crippen molar-refractivity contribution < 1.29 is 0 Å². The largest absolute Gasteiger partial charge is 0.329 e. The van der Waals surface area contributed by atoms with Gasteiger partial charge in [0.15, 0.2) is 0 Å². The second-order valence-electron chi connectivity index (χ2n) is 7.84. The van der Waals surface area contributed by atoms with Gasteiger partial charge in [-0.1, -0.05) is 12.8 Å². The summed E-state index contributed by atoms with van der Waals surface area (Å²) in [5.41, 5.74) is 6.55. The van der Waals surface area contributed by atoms with Crippen molar-refractivity contribution in [2.24, 2.45) is 5.73 Å². The van der Waals surface area contributed by atoms with E-state index in [0.717, 1.165) is 18.6 Å². The van der Waals surface area contributed by atoms with Gasteiger partial charge in [0.1, 0.15) is 0 Å². The van der Waals surface area contributed by atoms with Crippen LogP contribution in [0, 0.1) is 0 Å². The van der Waals surface area contributed by atoms with Gasteiger partial charge in [-0.05, 0) is 32.1 Å². The van der Waals surface area contributed by atoms with Crippen LogP contribution in [-0.2, 0) is 0 Å². The van der Waals surface area contributed by atoms with E-state index in [2.05, 4.69) is 14.7 Å². The number of hydrogen-bond donors (Lipinski definition) is 1. The third-order valence-electron chi connectivity index (χ3n) is 6.63. The Labute approximate surface area is 129 Å². The minimum absolute atomic E-state index is 0.296. The van der Waals surface area contributed by atoms with Gasteiger partial charge in [-0.2, -0.15) is 0 Å². The first-order chi connectivity index (χ1) is 10.3. The highest BCUT2D eigenvalue weighted by molar-refractivity contribution is 5.04. The van der Waals surface area contributed by atoms with Crippen LogP contribution in [0.15, 0.2) is 0 Å². The fourth-order valence-corrected chi connectivity index (χ4v) is 5.02. The summed E-state index contributed by atoms with van der Waals surface area (Å²) in [6, 6.07) is 1.80. The van der Waals surface area contributed by atoms with Gasteiger partial charge in [0.05, 0.1) is 0 Å². The zero-order chi connectivity index (χ0) is 14.3. The quantitative estimate of drug-likeness (QED) is 0.842. The first-order valence-electron chi connectivity index (χ1n) is 9.24. The van der Waals surface area contributed by atoms with Gasteiger partial charge in [-0.3, -0.25) is 14.7 Å². The molecule has 2 aliphatic heterocycles. The lowest BCUT2D eigenvalue weighted by Crippen LogP contribution is -2.62. The van der Waals surface area contributed by atoms with E-state index in [9.17, 15) is 0 Å². The third-order valence-corrected chi connectivity index (χ3v) is 6.63. The lowest BCUT2D eigenvalue weighted by Gasteiger charge is -2.46. The minimum Gasteiger partial charge on any atom is -0.329 e. The van der Waals surface area contributed by atoms with Gasteiger partial charge in [-0.25, -0.2) is 0 Å². The van der Waals surface area contributed by atoms with Crippen molar-refractivity contribution in [2.75, 3.05) is 45.8 Å². The van der Waals surface area contributed by atoms with E-state index < -0.39 is 0 Å². The maximum atomic E-state index is 6.26. The van der Waals surface area contributed by atoms with Crippen molar-refractivity contribution in [1.29, 1.82) is 0 Å². The highest BCUT2D eigenvalue weighted by Gasteiger charge is 2.46. The predicted octanol–water partition coefficient (Wildman–Crippen LogP) is 1.11. The molecule has 2 saturated carbocycles. The molecule has 0 spiro atoms. The molecule has 1 atom stereocenters. The first-order valence-corrected chi connectivity index (χ1v) is 9.24. The van der Waals surface area contributed by atoms with Gasteiger partial charge in [0.2, 0.25) is 0 Å². The molecule has 21 heavy (non-hydrogen) atoms. The van der Waals surface area contributed by atoms with E-state index in [1.807, 2.05) is 0 Å². The monoisotopic (exact) mass is 292 g/mol. The molecule has 0 aromatic carbocycles. The summed E-state index contributed by atoms with van der Waals surface area (Å²) >= 11 is 0. The van der Waals surface area contributed by atoms with E-state index in [0.29, 0.717) is 5.54 Å². The SMILES string of the molecule is NCC1(N2CCN(C3CCCC3)CC2)CCN(C2CC2)C1.